The first kappa shape index (κ1) is 22.6. The van der Waals surface area contributed by atoms with Gasteiger partial charge in [-0.15, -0.1) is 0 Å². The van der Waals surface area contributed by atoms with Crippen molar-refractivity contribution in [2.75, 3.05) is 0 Å². The lowest BCUT2D eigenvalue weighted by atomic mass is 9.32. The van der Waals surface area contributed by atoms with Gasteiger partial charge in [0.25, 0.3) is 0 Å². The molecule has 5 fully saturated rings. The summed E-state index contributed by atoms with van der Waals surface area (Å²) in [4.78, 5) is 13.6. The number of allylic oxidation sites excluding steroid dienone is 1. The zero-order chi connectivity index (χ0) is 23.9. The van der Waals surface area contributed by atoms with Crippen molar-refractivity contribution in [2.24, 2.45) is 50.2 Å². The number of aliphatic hydroxyl groups is 1. The summed E-state index contributed by atoms with van der Waals surface area (Å²) in [5.74, 6) is 1.41. The van der Waals surface area contributed by atoms with Gasteiger partial charge in [0, 0.05) is 11.3 Å². The highest BCUT2D eigenvalue weighted by molar-refractivity contribution is 5.82. The summed E-state index contributed by atoms with van der Waals surface area (Å²) in [5, 5.41) is 10.9. The maximum absolute atomic E-state index is 13.6. The summed E-state index contributed by atoms with van der Waals surface area (Å²) in [6, 6.07) is 0. The van der Waals surface area contributed by atoms with E-state index in [1.54, 1.807) is 0 Å². The lowest BCUT2D eigenvalue weighted by Gasteiger charge is -2.72. The van der Waals surface area contributed by atoms with Crippen molar-refractivity contribution < 1.29 is 14.6 Å². The van der Waals surface area contributed by atoms with Crippen LogP contribution >= 0.6 is 0 Å². The van der Waals surface area contributed by atoms with Crippen LogP contribution in [0.3, 0.4) is 0 Å². The SMILES string of the molecule is CC1(C)CC[C@@]23CC[C@]4(C)[C@@](C=C[C@@H]5[C@@]6(C)CC[C@H](O)C(C)(C)[C@@H]6CC[C@]54C)(OC2=O)[C@@H]3C1. The Morgan fingerprint density at radius 2 is 1.58 bits per heavy atom. The van der Waals surface area contributed by atoms with Crippen molar-refractivity contribution in [2.45, 2.75) is 118 Å². The van der Waals surface area contributed by atoms with Crippen LogP contribution in [0.1, 0.15) is 106 Å². The zero-order valence-electron chi connectivity index (χ0n) is 22.1. The summed E-state index contributed by atoms with van der Waals surface area (Å²) >= 11 is 0. The Hall–Kier alpha value is -0.830. The third-order valence-electron chi connectivity index (χ3n) is 13.4. The molecule has 2 bridgehead atoms. The molecule has 5 aliphatic carbocycles. The van der Waals surface area contributed by atoms with Gasteiger partial charge in [-0.2, -0.15) is 0 Å². The average molecular weight is 455 g/mol. The van der Waals surface area contributed by atoms with Crippen LogP contribution in [0.15, 0.2) is 12.2 Å². The van der Waals surface area contributed by atoms with Gasteiger partial charge in [-0.1, -0.05) is 54.5 Å². The van der Waals surface area contributed by atoms with Gasteiger partial charge in [-0.3, -0.25) is 4.79 Å². The van der Waals surface area contributed by atoms with E-state index >= 15 is 0 Å². The second-order valence-corrected chi connectivity index (χ2v) is 15.3. The summed E-state index contributed by atoms with van der Waals surface area (Å²) < 4.78 is 6.69. The van der Waals surface area contributed by atoms with Crippen LogP contribution in [0, 0.1) is 50.2 Å². The van der Waals surface area contributed by atoms with Gasteiger partial charge in [0.15, 0.2) is 0 Å². The van der Waals surface area contributed by atoms with Gasteiger partial charge in [0.2, 0.25) is 0 Å². The van der Waals surface area contributed by atoms with Crippen LogP contribution in [0.2, 0.25) is 0 Å². The van der Waals surface area contributed by atoms with E-state index < -0.39 is 5.60 Å². The van der Waals surface area contributed by atoms with Crippen LogP contribution < -0.4 is 0 Å². The van der Waals surface area contributed by atoms with Gasteiger partial charge < -0.3 is 9.84 Å². The van der Waals surface area contributed by atoms with Crippen molar-refractivity contribution in [1.82, 2.24) is 0 Å². The molecule has 0 aromatic rings. The van der Waals surface area contributed by atoms with E-state index in [-0.39, 0.29) is 44.6 Å². The van der Waals surface area contributed by atoms with Gasteiger partial charge in [0.1, 0.15) is 5.60 Å². The molecule has 1 spiro atoms. The van der Waals surface area contributed by atoms with E-state index in [0.717, 1.165) is 51.4 Å². The Labute approximate surface area is 201 Å². The summed E-state index contributed by atoms with van der Waals surface area (Å²) in [6.45, 7) is 17.0. The Balaban J connectivity index is 1.50. The van der Waals surface area contributed by atoms with E-state index in [0.29, 0.717) is 17.8 Å². The number of ether oxygens (including phenoxy) is 1. The minimum absolute atomic E-state index is 0.0403. The minimum atomic E-state index is -0.446. The first-order valence-corrected chi connectivity index (χ1v) is 13.8. The maximum atomic E-state index is 13.6. The number of hydrogen-bond acceptors (Lipinski definition) is 3. The molecule has 9 atom stereocenters. The molecule has 0 aromatic carbocycles. The second-order valence-electron chi connectivity index (χ2n) is 15.3. The quantitative estimate of drug-likeness (QED) is 0.328. The molecule has 0 amide bonds. The fourth-order valence-electron chi connectivity index (χ4n) is 11.1. The molecule has 184 valence electrons. The fourth-order valence-corrected chi connectivity index (χ4v) is 11.1. The highest BCUT2D eigenvalue weighted by atomic mass is 16.6. The number of rotatable bonds is 0. The molecular formula is C30H46O3. The number of carbonyl (C=O) groups excluding carboxylic acids is 1. The molecule has 1 aliphatic heterocycles. The van der Waals surface area contributed by atoms with E-state index in [4.69, 9.17) is 4.74 Å². The van der Waals surface area contributed by atoms with Crippen molar-refractivity contribution >= 4 is 5.97 Å². The molecular weight excluding hydrogens is 408 g/mol. The van der Waals surface area contributed by atoms with E-state index in [1.165, 1.54) is 6.42 Å². The Kier molecular flexibility index (Phi) is 4.19. The molecule has 1 N–H and O–H groups in total. The molecule has 3 heteroatoms. The van der Waals surface area contributed by atoms with E-state index in [2.05, 4.69) is 60.6 Å². The standard InChI is InChI=1S/C30H46O3/c1-24(2)14-16-29-17-15-28(7)27(6)12-8-19-25(3,4)22(31)10-11-26(19,5)20(27)9-13-30(28,21(29)18-24)33-23(29)32/h9,13,19-22,31H,8,10-12,14-18H2,1-7H3/t19-,20+,21+,22-,26-,27+,28-,29-,30-/m0/s1. The number of aliphatic hydroxyl groups excluding tert-OH is 1. The Morgan fingerprint density at radius 3 is 2.30 bits per heavy atom. The highest BCUT2D eigenvalue weighted by Crippen LogP contribution is 2.79. The molecule has 6 rings (SSSR count). The zero-order valence-corrected chi connectivity index (χ0v) is 22.1. The first-order chi connectivity index (χ1) is 15.2. The molecule has 6 aliphatic rings. The maximum Gasteiger partial charge on any atom is 0.313 e. The van der Waals surface area contributed by atoms with E-state index in [1.807, 2.05) is 0 Å². The van der Waals surface area contributed by atoms with Gasteiger partial charge >= 0.3 is 5.97 Å². The smallest absolute Gasteiger partial charge is 0.313 e. The minimum Gasteiger partial charge on any atom is -0.453 e. The average Bonchev–Trinajstić information content (AvgIpc) is 2.89. The number of esters is 1. The lowest BCUT2D eigenvalue weighted by molar-refractivity contribution is -0.242. The molecule has 0 radical (unpaired) electrons. The van der Waals surface area contributed by atoms with Crippen molar-refractivity contribution in [3.63, 3.8) is 0 Å². The van der Waals surface area contributed by atoms with Crippen LogP contribution in [0.4, 0.5) is 0 Å². The molecule has 3 nitrogen and oxygen atoms in total. The van der Waals surface area contributed by atoms with Crippen LogP contribution in [-0.4, -0.2) is 22.8 Å². The molecule has 4 saturated carbocycles. The van der Waals surface area contributed by atoms with E-state index in [9.17, 15) is 9.90 Å². The summed E-state index contributed by atoms with van der Waals surface area (Å²) in [5.41, 5.74) is -0.233. The number of carbonyl (C=O) groups is 1. The van der Waals surface area contributed by atoms with Crippen LogP contribution in [0.25, 0.3) is 0 Å². The molecule has 33 heavy (non-hydrogen) atoms. The third-order valence-corrected chi connectivity index (χ3v) is 13.4. The Morgan fingerprint density at radius 1 is 0.879 bits per heavy atom. The monoisotopic (exact) mass is 454 g/mol. The summed E-state index contributed by atoms with van der Waals surface area (Å²) in [7, 11) is 0. The van der Waals surface area contributed by atoms with Gasteiger partial charge in [-0.25, -0.2) is 0 Å². The third kappa shape index (κ3) is 2.31. The van der Waals surface area contributed by atoms with Gasteiger partial charge in [0.05, 0.1) is 11.5 Å². The largest absolute Gasteiger partial charge is 0.453 e. The van der Waals surface area contributed by atoms with Crippen molar-refractivity contribution in [1.29, 1.82) is 0 Å². The summed E-state index contributed by atoms with van der Waals surface area (Å²) in [6.07, 6.45) is 14.4. The number of hydrogen-bond donors (Lipinski definition) is 1. The van der Waals surface area contributed by atoms with Crippen molar-refractivity contribution in [3.05, 3.63) is 12.2 Å². The molecule has 0 unspecified atom stereocenters. The lowest BCUT2D eigenvalue weighted by Crippen LogP contribution is -2.70. The Bertz CT molecular complexity index is 933. The number of fused-ring (bicyclic) bond motifs is 4. The molecule has 0 aromatic heterocycles. The fraction of sp³-hybridized carbons (Fsp3) is 0.900. The predicted molar refractivity (Wildman–Crippen MR) is 130 cm³/mol. The van der Waals surface area contributed by atoms with Crippen LogP contribution in [-0.2, 0) is 9.53 Å². The first-order valence-electron chi connectivity index (χ1n) is 13.8. The van der Waals surface area contributed by atoms with Crippen LogP contribution in [0.5, 0.6) is 0 Å². The molecule has 1 heterocycles. The van der Waals surface area contributed by atoms with Crippen molar-refractivity contribution in [3.8, 4) is 0 Å². The normalized spacial score (nSPS) is 57.9. The second kappa shape index (κ2) is 6.11. The predicted octanol–water partition coefficient (Wildman–Crippen LogP) is 6.68. The van der Waals surface area contributed by atoms with Gasteiger partial charge in [-0.05, 0) is 97.4 Å². The molecule has 1 saturated heterocycles. The topological polar surface area (TPSA) is 46.5 Å². The highest BCUT2D eigenvalue weighted by Gasteiger charge is 2.79.